The lowest BCUT2D eigenvalue weighted by molar-refractivity contribution is 0.405. The Labute approximate surface area is 130 Å². The lowest BCUT2D eigenvalue weighted by Gasteiger charge is -2.07. The van der Waals surface area contributed by atoms with Crippen LogP contribution in [-0.4, -0.2) is 17.3 Å². The predicted molar refractivity (Wildman–Crippen MR) is 84.6 cm³/mol. The zero-order chi connectivity index (χ0) is 14.7. The normalized spacial score (nSPS) is 10.7. The number of nitrogens with zero attached hydrogens (tertiary/aromatic N) is 2. The minimum absolute atomic E-state index is 0.560. The number of hydrogen-bond acceptors (Lipinski definition) is 7. The lowest BCUT2D eigenvalue weighted by Crippen LogP contribution is -1.90. The Balaban J connectivity index is 1.71. The molecule has 0 aliphatic rings. The molecule has 0 spiro atoms. The molecule has 0 saturated heterocycles. The molecule has 2 heterocycles. The van der Waals surface area contributed by atoms with Gasteiger partial charge in [-0.05, 0) is 23.6 Å². The van der Waals surface area contributed by atoms with Gasteiger partial charge in [-0.1, -0.05) is 6.07 Å². The molecule has 21 heavy (non-hydrogen) atoms. The molecule has 0 aliphatic carbocycles. The fourth-order valence-corrected chi connectivity index (χ4v) is 3.24. The SMILES string of the molecule is COc1cc(N)ccc1SCc1nnc(-c2cccs2)o1. The Kier molecular flexibility index (Phi) is 4.12. The largest absolute Gasteiger partial charge is 0.496 e. The second-order valence-electron chi connectivity index (χ2n) is 4.18. The van der Waals surface area contributed by atoms with Crippen molar-refractivity contribution in [1.29, 1.82) is 0 Å². The van der Waals surface area contributed by atoms with Crippen LogP contribution in [0.15, 0.2) is 45.0 Å². The first-order valence-electron chi connectivity index (χ1n) is 6.19. The van der Waals surface area contributed by atoms with Crippen molar-refractivity contribution in [3.63, 3.8) is 0 Å². The highest BCUT2D eigenvalue weighted by Crippen LogP contribution is 2.33. The van der Waals surface area contributed by atoms with Crippen LogP contribution in [0, 0.1) is 0 Å². The van der Waals surface area contributed by atoms with Crippen LogP contribution in [-0.2, 0) is 5.75 Å². The van der Waals surface area contributed by atoms with Crippen molar-refractivity contribution in [3.8, 4) is 16.5 Å². The van der Waals surface area contributed by atoms with Crippen molar-refractivity contribution >= 4 is 28.8 Å². The summed E-state index contributed by atoms with van der Waals surface area (Å²) >= 11 is 3.15. The fraction of sp³-hybridized carbons (Fsp3) is 0.143. The van der Waals surface area contributed by atoms with Gasteiger partial charge in [-0.2, -0.15) is 0 Å². The van der Waals surface area contributed by atoms with E-state index < -0.39 is 0 Å². The topological polar surface area (TPSA) is 74.2 Å². The molecule has 0 bridgehead atoms. The third-order valence-corrected chi connectivity index (χ3v) is 4.64. The van der Waals surface area contributed by atoms with Crippen molar-refractivity contribution in [2.75, 3.05) is 12.8 Å². The summed E-state index contributed by atoms with van der Waals surface area (Å²) in [6.07, 6.45) is 0. The summed E-state index contributed by atoms with van der Waals surface area (Å²) in [6, 6.07) is 9.48. The molecule has 2 N–H and O–H groups in total. The van der Waals surface area contributed by atoms with Crippen molar-refractivity contribution in [2.24, 2.45) is 0 Å². The highest BCUT2D eigenvalue weighted by atomic mass is 32.2. The summed E-state index contributed by atoms with van der Waals surface area (Å²) in [5.74, 6) is 2.48. The van der Waals surface area contributed by atoms with Crippen LogP contribution in [0.1, 0.15) is 5.89 Å². The van der Waals surface area contributed by atoms with Crippen molar-refractivity contribution < 1.29 is 9.15 Å². The molecule has 0 aliphatic heterocycles. The van der Waals surface area contributed by atoms with Crippen LogP contribution in [0.4, 0.5) is 5.69 Å². The highest BCUT2D eigenvalue weighted by molar-refractivity contribution is 7.98. The summed E-state index contributed by atoms with van der Waals surface area (Å²) in [6.45, 7) is 0. The van der Waals surface area contributed by atoms with Crippen LogP contribution in [0.5, 0.6) is 5.75 Å². The summed E-state index contributed by atoms with van der Waals surface area (Å²) in [5.41, 5.74) is 6.41. The van der Waals surface area contributed by atoms with E-state index in [0.717, 1.165) is 15.5 Å². The van der Waals surface area contributed by atoms with Gasteiger partial charge in [0, 0.05) is 16.6 Å². The number of rotatable bonds is 5. The molecule has 0 atom stereocenters. The zero-order valence-electron chi connectivity index (χ0n) is 11.3. The smallest absolute Gasteiger partial charge is 0.257 e. The molecule has 108 valence electrons. The maximum absolute atomic E-state index is 5.74. The molecule has 0 unspecified atom stereocenters. The number of thioether (sulfide) groups is 1. The molecule has 3 aromatic rings. The molecule has 0 radical (unpaired) electrons. The van der Waals surface area contributed by atoms with E-state index in [-0.39, 0.29) is 0 Å². The second-order valence-corrected chi connectivity index (χ2v) is 6.14. The molecule has 0 saturated carbocycles. The van der Waals surface area contributed by atoms with Gasteiger partial charge in [0.15, 0.2) is 0 Å². The minimum atomic E-state index is 0.560. The van der Waals surface area contributed by atoms with Gasteiger partial charge in [0.2, 0.25) is 5.89 Å². The Morgan fingerprint density at radius 2 is 2.24 bits per heavy atom. The molecule has 2 aromatic heterocycles. The summed E-state index contributed by atoms with van der Waals surface area (Å²) in [7, 11) is 1.63. The number of aromatic nitrogens is 2. The minimum Gasteiger partial charge on any atom is -0.496 e. The fourth-order valence-electron chi connectivity index (χ4n) is 1.75. The Morgan fingerprint density at radius 1 is 1.33 bits per heavy atom. The molecule has 0 fully saturated rings. The van der Waals surface area contributed by atoms with Crippen molar-refractivity contribution in [1.82, 2.24) is 10.2 Å². The van der Waals surface area contributed by atoms with Gasteiger partial charge >= 0.3 is 0 Å². The average Bonchev–Trinajstić information content (AvgIpc) is 3.16. The van der Waals surface area contributed by atoms with Crippen LogP contribution in [0.25, 0.3) is 10.8 Å². The Bertz CT molecular complexity index is 726. The summed E-state index contributed by atoms with van der Waals surface area (Å²) in [4.78, 5) is 1.96. The average molecular weight is 319 g/mol. The van der Waals surface area contributed by atoms with Crippen LogP contribution < -0.4 is 10.5 Å². The summed E-state index contributed by atoms with van der Waals surface area (Å²) in [5, 5.41) is 10.1. The van der Waals surface area contributed by atoms with Crippen molar-refractivity contribution in [2.45, 2.75) is 10.6 Å². The number of nitrogens with two attached hydrogens (primary N) is 1. The number of ether oxygens (including phenoxy) is 1. The third-order valence-electron chi connectivity index (χ3n) is 2.74. The van der Waals surface area contributed by atoms with Gasteiger partial charge < -0.3 is 14.9 Å². The Morgan fingerprint density at radius 3 is 3.00 bits per heavy atom. The number of hydrogen-bond donors (Lipinski definition) is 1. The van der Waals surface area contributed by atoms with Gasteiger partial charge in [0.1, 0.15) is 5.75 Å². The van der Waals surface area contributed by atoms with E-state index in [9.17, 15) is 0 Å². The zero-order valence-corrected chi connectivity index (χ0v) is 12.9. The standard InChI is InChI=1S/C14H13N3O2S2/c1-18-10-7-9(15)4-5-11(10)21-8-13-16-17-14(19-13)12-3-2-6-20-12/h2-7H,8,15H2,1H3. The van der Waals surface area contributed by atoms with Gasteiger partial charge in [-0.15, -0.1) is 33.3 Å². The van der Waals surface area contributed by atoms with E-state index in [1.807, 2.05) is 29.6 Å². The molecular weight excluding hydrogens is 306 g/mol. The van der Waals surface area contributed by atoms with Crippen molar-refractivity contribution in [3.05, 3.63) is 41.6 Å². The maximum atomic E-state index is 5.74. The number of anilines is 1. The van der Waals surface area contributed by atoms with Gasteiger partial charge in [0.25, 0.3) is 5.89 Å². The summed E-state index contributed by atoms with van der Waals surface area (Å²) < 4.78 is 11.0. The van der Waals surface area contributed by atoms with Gasteiger partial charge in [-0.3, -0.25) is 0 Å². The number of thiophene rings is 1. The Hall–Kier alpha value is -1.99. The van der Waals surface area contributed by atoms with Gasteiger partial charge in [-0.25, -0.2) is 0 Å². The molecule has 7 heteroatoms. The quantitative estimate of drug-likeness (QED) is 0.571. The van der Waals surface area contributed by atoms with E-state index >= 15 is 0 Å². The first kappa shape index (κ1) is 14.0. The molecule has 1 aromatic carbocycles. The van der Waals surface area contributed by atoms with Crippen LogP contribution >= 0.6 is 23.1 Å². The predicted octanol–water partition coefficient (Wildman–Crippen LogP) is 3.68. The number of benzene rings is 1. The number of nitrogen functional groups attached to an aromatic ring is 1. The first-order chi connectivity index (χ1) is 10.3. The maximum Gasteiger partial charge on any atom is 0.257 e. The first-order valence-corrected chi connectivity index (χ1v) is 8.05. The molecule has 3 rings (SSSR count). The molecular formula is C14H13N3O2S2. The second kappa shape index (κ2) is 6.19. The molecule has 5 nitrogen and oxygen atoms in total. The van der Waals surface area contributed by atoms with E-state index in [4.69, 9.17) is 14.9 Å². The van der Waals surface area contributed by atoms with E-state index in [2.05, 4.69) is 10.2 Å². The number of methoxy groups -OCH3 is 1. The lowest BCUT2D eigenvalue weighted by atomic mass is 10.3. The van der Waals surface area contributed by atoms with Crippen LogP contribution in [0.3, 0.4) is 0 Å². The molecule has 0 amide bonds. The highest BCUT2D eigenvalue weighted by Gasteiger charge is 2.11. The van der Waals surface area contributed by atoms with E-state index in [1.165, 1.54) is 0 Å². The monoisotopic (exact) mass is 319 g/mol. The van der Waals surface area contributed by atoms with Crippen LogP contribution in [0.2, 0.25) is 0 Å². The van der Waals surface area contributed by atoms with E-state index in [0.29, 0.717) is 23.2 Å². The van der Waals surface area contributed by atoms with Gasteiger partial charge in [0.05, 0.1) is 17.7 Å². The third kappa shape index (κ3) is 3.20. The van der Waals surface area contributed by atoms with E-state index in [1.54, 1.807) is 36.3 Å².